The number of aliphatic carboxylic acids is 1. The van der Waals surface area contributed by atoms with Crippen molar-refractivity contribution in [3.8, 4) is 5.75 Å². The maximum atomic E-state index is 12.3. The minimum Gasteiger partial charge on any atom is -0.492 e. The van der Waals surface area contributed by atoms with Gasteiger partial charge in [-0.2, -0.15) is 0 Å². The summed E-state index contributed by atoms with van der Waals surface area (Å²) in [5.74, 6) is -1.93. The second-order valence-electron chi connectivity index (χ2n) is 5.41. The first kappa shape index (κ1) is 19.8. The standard InChI is InChI=1S/C16H20ClNO6/c1-4-23-13-6-5-11(17)7-12(13)18-14(20)8-16(3,9-15(21)22)24-10(2)19/h5-7H,4,8-9H2,1-3H3,(H,18,20)(H,21,22). The van der Waals surface area contributed by atoms with Gasteiger partial charge in [-0.25, -0.2) is 0 Å². The zero-order valence-corrected chi connectivity index (χ0v) is 14.5. The van der Waals surface area contributed by atoms with Gasteiger partial charge in [0.15, 0.2) is 0 Å². The molecule has 0 aliphatic heterocycles. The van der Waals surface area contributed by atoms with Crippen LogP contribution in [0.25, 0.3) is 0 Å². The third-order valence-electron chi connectivity index (χ3n) is 2.97. The molecule has 0 fully saturated rings. The SMILES string of the molecule is CCOc1ccc(Cl)cc1NC(=O)CC(C)(CC(=O)O)OC(C)=O. The van der Waals surface area contributed by atoms with Crippen LogP contribution >= 0.6 is 11.6 Å². The Morgan fingerprint density at radius 1 is 1.29 bits per heavy atom. The highest BCUT2D eigenvalue weighted by atomic mass is 35.5. The summed E-state index contributed by atoms with van der Waals surface area (Å²) in [6.45, 7) is 4.74. The molecule has 1 aromatic carbocycles. The fourth-order valence-electron chi connectivity index (χ4n) is 2.22. The Kier molecular flexibility index (Phi) is 7.03. The van der Waals surface area contributed by atoms with E-state index in [-0.39, 0.29) is 6.42 Å². The molecule has 0 saturated heterocycles. The zero-order valence-electron chi connectivity index (χ0n) is 13.7. The normalized spacial score (nSPS) is 12.8. The number of rotatable bonds is 8. The first-order valence-electron chi connectivity index (χ1n) is 7.29. The molecule has 0 bridgehead atoms. The fourth-order valence-corrected chi connectivity index (χ4v) is 2.39. The molecule has 0 saturated carbocycles. The van der Waals surface area contributed by atoms with Crippen molar-refractivity contribution in [3.63, 3.8) is 0 Å². The summed E-state index contributed by atoms with van der Waals surface area (Å²) >= 11 is 5.92. The van der Waals surface area contributed by atoms with E-state index in [1.807, 2.05) is 0 Å². The molecule has 1 rings (SSSR count). The van der Waals surface area contributed by atoms with Gasteiger partial charge in [0.05, 0.1) is 25.1 Å². The molecule has 24 heavy (non-hydrogen) atoms. The van der Waals surface area contributed by atoms with E-state index < -0.39 is 29.9 Å². The van der Waals surface area contributed by atoms with Crippen LogP contribution in [0, 0.1) is 0 Å². The summed E-state index contributed by atoms with van der Waals surface area (Å²) in [7, 11) is 0. The van der Waals surface area contributed by atoms with E-state index in [4.69, 9.17) is 26.2 Å². The topological polar surface area (TPSA) is 102 Å². The molecule has 0 aliphatic carbocycles. The third kappa shape index (κ3) is 6.45. The predicted molar refractivity (Wildman–Crippen MR) is 88.3 cm³/mol. The number of hydrogen-bond donors (Lipinski definition) is 2. The predicted octanol–water partition coefficient (Wildman–Crippen LogP) is 2.86. The van der Waals surface area contributed by atoms with Crippen molar-refractivity contribution < 1.29 is 29.0 Å². The summed E-state index contributed by atoms with van der Waals surface area (Å²) in [4.78, 5) is 34.4. The molecule has 0 heterocycles. The second kappa shape index (κ2) is 8.54. The molecule has 1 amide bonds. The van der Waals surface area contributed by atoms with Gasteiger partial charge in [0.2, 0.25) is 5.91 Å². The van der Waals surface area contributed by atoms with Crippen LogP contribution in [0.2, 0.25) is 5.02 Å². The molecular weight excluding hydrogens is 338 g/mol. The molecule has 7 nitrogen and oxygen atoms in total. The first-order valence-corrected chi connectivity index (χ1v) is 7.66. The number of carbonyl (C=O) groups excluding carboxylic acids is 2. The minimum atomic E-state index is -1.45. The van der Waals surface area contributed by atoms with Gasteiger partial charge >= 0.3 is 11.9 Å². The number of carbonyl (C=O) groups is 3. The lowest BCUT2D eigenvalue weighted by Gasteiger charge is -2.27. The number of carboxylic acid groups (broad SMARTS) is 1. The van der Waals surface area contributed by atoms with Gasteiger partial charge in [-0.3, -0.25) is 14.4 Å². The van der Waals surface area contributed by atoms with Crippen molar-refractivity contribution >= 4 is 35.1 Å². The van der Waals surface area contributed by atoms with E-state index in [0.29, 0.717) is 23.1 Å². The van der Waals surface area contributed by atoms with Gasteiger partial charge in [-0.1, -0.05) is 11.6 Å². The van der Waals surface area contributed by atoms with Gasteiger partial charge in [0, 0.05) is 11.9 Å². The van der Waals surface area contributed by atoms with Crippen LogP contribution in [0.3, 0.4) is 0 Å². The van der Waals surface area contributed by atoms with Crippen LogP contribution in [-0.2, 0) is 19.1 Å². The molecule has 2 N–H and O–H groups in total. The highest BCUT2D eigenvalue weighted by Crippen LogP contribution is 2.29. The Balaban J connectivity index is 2.91. The Bertz CT molecular complexity index is 615. The van der Waals surface area contributed by atoms with Gasteiger partial charge in [-0.15, -0.1) is 0 Å². The van der Waals surface area contributed by atoms with Crippen molar-refractivity contribution in [1.82, 2.24) is 0 Å². The highest BCUT2D eigenvalue weighted by molar-refractivity contribution is 6.31. The maximum absolute atomic E-state index is 12.3. The lowest BCUT2D eigenvalue weighted by Crippen LogP contribution is -2.37. The van der Waals surface area contributed by atoms with Crippen molar-refractivity contribution in [1.29, 1.82) is 0 Å². The number of nitrogens with one attached hydrogen (secondary N) is 1. The summed E-state index contributed by atoms with van der Waals surface area (Å²) in [6.07, 6.45) is -0.815. The number of hydrogen-bond acceptors (Lipinski definition) is 5. The first-order chi connectivity index (χ1) is 11.1. The molecule has 1 atom stereocenters. The van der Waals surface area contributed by atoms with Crippen molar-refractivity contribution in [2.75, 3.05) is 11.9 Å². The van der Waals surface area contributed by atoms with E-state index in [1.54, 1.807) is 19.1 Å². The number of anilines is 1. The van der Waals surface area contributed by atoms with Crippen LogP contribution in [0.5, 0.6) is 5.75 Å². The van der Waals surface area contributed by atoms with E-state index >= 15 is 0 Å². The third-order valence-corrected chi connectivity index (χ3v) is 3.20. The highest BCUT2D eigenvalue weighted by Gasteiger charge is 2.34. The lowest BCUT2D eigenvalue weighted by molar-refractivity contribution is -0.162. The Labute approximate surface area is 144 Å². The summed E-state index contributed by atoms with van der Waals surface area (Å²) < 4.78 is 10.4. The van der Waals surface area contributed by atoms with Gasteiger partial charge in [0.25, 0.3) is 0 Å². The molecule has 0 aromatic heterocycles. The minimum absolute atomic E-state index is 0.322. The monoisotopic (exact) mass is 357 g/mol. The molecular formula is C16H20ClNO6. The Morgan fingerprint density at radius 3 is 2.50 bits per heavy atom. The van der Waals surface area contributed by atoms with Crippen molar-refractivity contribution in [2.24, 2.45) is 0 Å². The average Bonchev–Trinajstić information content (AvgIpc) is 2.39. The van der Waals surface area contributed by atoms with Crippen LogP contribution in [0.1, 0.15) is 33.6 Å². The number of ether oxygens (including phenoxy) is 2. The summed E-state index contributed by atoms with van der Waals surface area (Å²) in [6, 6.07) is 4.75. The van der Waals surface area contributed by atoms with Crippen LogP contribution in [-0.4, -0.2) is 35.2 Å². The Hall–Kier alpha value is -2.28. The fraction of sp³-hybridized carbons (Fsp3) is 0.438. The molecule has 132 valence electrons. The number of esters is 1. The molecule has 8 heteroatoms. The molecule has 0 spiro atoms. The van der Waals surface area contributed by atoms with Crippen molar-refractivity contribution in [2.45, 2.75) is 39.2 Å². The van der Waals surface area contributed by atoms with E-state index in [0.717, 1.165) is 6.92 Å². The quantitative estimate of drug-likeness (QED) is 0.693. The second-order valence-corrected chi connectivity index (χ2v) is 5.85. The number of benzene rings is 1. The van der Waals surface area contributed by atoms with Crippen LogP contribution in [0.15, 0.2) is 18.2 Å². The maximum Gasteiger partial charge on any atom is 0.307 e. The van der Waals surface area contributed by atoms with Gasteiger partial charge in [-0.05, 0) is 32.0 Å². The zero-order chi connectivity index (χ0) is 18.3. The largest absolute Gasteiger partial charge is 0.492 e. The molecule has 1 aromatic rings. The lowest BCUT2D eigenvalue weighted by atomic mass is 9.97. The van der Waals surface area contributed by atoms with Gasteiger partial charge < -0.3 is 19.9 Å². The smallest absolute Gasteiger partial charge is 0.307 e. The number of halogens is 1. The average molecular weight is 358 g/mol. The molecule has 0 radical (unpaired) electrons. The Morgan fingerprint density at radius 2 is 1.96 bits per heavy atom. The molecule has 0 aliphatic rings. The number of carboxylic acids is 1. The van der Waals surface area contributed by atoms with E-state index in [1.165, 1.54) is 13.0 Å². The van der Waals surface area contributed by atoms with Crippen LogP contribution < -0.4 is 10.1 Å². The van der Waals surface area contributed by atoms with Crippen LogP contribution in [0.4, 0.5) is 5.69 Å². The summed E-state index contributed by atoms with van der Waals surface area (Å²) in [5, 5.41) is 12.0. The van der Waals surface area contributed by atoms with E-state index in [2.05, 4.69) is 5.32 Å². The molecule has 1 unspecified atom stereocenters. The van der Waals surface area contributed by atoms with Crippen molar-refractivity contribution in [3.05, 3.63) is 23.2 Å². The van der Waals surface area contributed by atoms with E-state index in [9.17, 15) is 14.4 Å². The number of amides is 1. The van der Waals surface area contributed by atoms with Gasteiger partial charge in [0.1, 0.15) is 11.4 Å². The summed E-state index contributed by atoms with van der Waals surface area (Å²) in [5.41, 5.74) is -1.10.